The fourth-order valence-corrected chi connectivity index (χ4v) is 1.90. The number of furan rings is 1. The molecule has 20 heavy (non-hydrogen) atoms. The highest BCUT2D eigenvalue weighted by molar-refractivity contribution is 6.30. The minimum Gasteiger partial charge on any atom is -0.467 e. The SMILES string of the molecule is O=[N+]([O-])c1cc(Cl)cnc1NC(CCO)c1ccco1. The average Bonchev–Trinajstić information content (AvgIpc) is 2.93. The maximum atomic E-state index is 11.0. The number of rotatable bonds is 6. The van der Waals surface area contributed by atoms with Crippen LogP contribution in [0, 0.1) is 10.1 Å². The van der Waals surface area contributed by atoms with Crippen molar-refractivity contribution in [1.29, 1.82) is 0 Å². The number of halogens is 1. The summed E-state index contributed by atoms with van der Waals surface area (Å²) in [4.78, 5) is 14.3. The molecule has 8 heteroatoms. The highest BCUT2D eigenvalue weighted by Gasteiger charge is 2.21. The molecule has 0 spiro atoms. The summed E-state index contributed by atoms with van der Waals surface area (Å²) in [5, 5.41) is 23.1. The predicted octanol–water partition coefficient (Wildman–Crippen LogP) is 2.77. The van der Waals surface area contributed by atoms with Crippen molar-refractivity contribution >= 4 is 23.1 Å². The third kappa shape index (κ3) is 3.25. The van der Waals surface area contributed by atoms with E-state index in [1.165, 1.54) is 18.5 Å². The topological polar surface area (TPSA) is 101 Å². The first kappa shape index (κ1) is 14.3. The number of aromatic nitrogens is 1. The van der Waals surface area contributed by atoms with E-state index < -0.39 is 11.0 Å². The van der Waals surface area contributed by atoms with Gasteiger partial charge in [0.25, 0.3) is 0 Å². The van der Waals surface area contributed by atoms with Crippen molar-refractivity contribution < 1.29 is 14.4 Å². The number of anilines is 1. The largest absolute Gasteiger partial charge is 0.467 e. The maximum absolute atomic E-state index is 11.0. The van der Waals surface area contributed by atoms with Gasteiger partial charge < -0.3 is 14.8 Å². The summed E-state index contributed by atoms with van der Waals surface area (Å²) in [5.74, 6) is 0.638. The molecular formula is C12H12ClN3O4. The number of nitro groups is 1. The first-order chi connectivity index (χ1) is 9.61. The Morgan fingerprint density at radius 3 is 3.00 bits per heavy atom. The number of pyridine rings is 1. The molecule has 1 atom stereocenters. The number of nitrogens with one attached hydrogen (secondary N) is 1. The summed E-state index contributed by atoms with van der Waals surface area (Å²) in [5.41, 5.74) is -0.230. The van der Waals surface area contributed by atoms with Crippen LogP contribution in [-0.2, 0) is 0 Å². The molecule has 1 unspecified atom stereocenters. The first-order valence-corrected chi connectivity index (χ1v) is 6.20. The molecule has 2 aromatic heterocycles. The molecule has 0 aliphatic heterocycles. The second-order valence-electron chi connectivity index (χ2n) is 4.00. The number of nitrogens with zero attached hydrogens (tertiary/aromatic N) is 2. The second kappa shape index (κ2) is 6.36. The number of hydrogen-bond acceptors (Lipinski definition) is 6. The summed E-state index contributed by atoms with van der Waals surface area (Å²) in [7, 11) is 0. The lowest BCUT2D eigenvalue weighted by Gasteiger charge is -2.16. The lowest BCUT2D eigenvalue weighted by molar-refractivity contribution is -0.384. The van der Waals surface area contributed by atoms with E-state index >= 15 is 0 Å². The molecule has 0 fully saturated rings. The first-order valence-electron chi connectivity index (χ1n) is 5.82. The molecule has 0 aliphatic carbocycles. The van der Waals surface area contributed by atoms with Crippen molar-refractivity contribution in [2.45, 2.75) is 12.5 Å². The van der Waals surface area contributed by atoms with Crippen LogP contribution in [0.2, 0.25) is 5.02 Å². The fraction of sp³-hybridized carbons (Fsp3) is 0.250. The molecule has 0 amide bonds. The Kier molecular flexibility index (Phi) is 4.54. The summed E-state index contributed by atoms with van der Waals surface area (Å²) in [6.45, 7) is -0.0975. The van der Waals surface area contributed by atoms with Crippen LogP contribution in [0.15, 0.2) is 35.1 Å². The lowest BCUT2D eigenvalue weighted by atomic mass is 10.1. The molecular weight excluding hydrogens is 286 g/mol. The molecule has 0 aromatic carbocycles. The molecule has 2 aromatic rings. The Bertz CT molecular complexity index is 588. The fourth-order valence-electron chi connectivity index (χ4n) is 1.75. The van der Waals surface area contributed by atoms with E-state index in [9.17, 15) is 10.1 Å². The predicted molar refractivity (Wildman–Crippen MR) is 72.7 cm³/mol. The monoisotopic (exact) mass is 297 g/mol. The van der Waals surface area contributed by atoms with Gasteiger partial charge in [0, 0.05) is 18.9 Å². The Morgan fingerprint density at radius 1 is 1.60 bits per heavy atom. The minimum absolute atomic E-state index is 0.0780. The highest BCUT2D eigenvalue weighted by Crippen LogP contribution is 2.29. The van der Waals surface area contributed by atoms with Gasteiger partial charge in [-0.3, -0.25) is 10.1 Å². The summed E-state index contributed by atoms with van der Waals surface area (Å²) in [6.07, 6.45) is 3.13. The maximum Gasteiger partial charge on any atom is 0.312 e. The molecule has 2 heterocycles. The molecule has 7 nitrogen and oxygen atoms in total. The molecule has 106 valence electrons. The second-order valence-corrected chi connectivity index (χ2v) is 4.44. The zero-order chi connectivity index (χ0) is 14.5. The van der Waals surface area contributed by atoms with E-state index in [1.54, 1.807) is 12.1 Å². The smallest absolute Gasteiger partial charge is 0.312 e. The quantitative estimate of drug-likeness (QED) is 0.628. The molecule has 0 saturated heterocycles. The number of hydrogen-bond donors (Lipinski definition) is 2. The van der Waals surface area contributed by atoms with Gasteiger partial charge in [-0.2, -0.15) is 0 Å². The van der Waals surface area contributed by atoms with E-state index in [0.29, 0.717) is 12.2 Å². The van der Waals surface area contributed by atoms with Crippen LogP contribution < -0.4 is 5.32 Å². The number of aliphatic hydroxyl groups is 1. The minimum atomic E-state index is -0.570. The van der Waals surface area contributed by atoms with Gasteiger partial charge in [0.15, 0.2) is 0 Å². The summed E-state index contributed by atoms with van der Waals surface area (Å²) >= 11 is 5.70. The zero-order valence-electron chi connectivity index (χ0n) is 10.3. The normalized spacial score (nSPS) is 12.1. The summed E-state index contributed by atoms with van der Waals surface area (Å²) in [6, 6.07) is 4.22. The standard InChI is InChI=1S/C12H12ClN3O4/c13-8-6-10(16(18)19)12(14-7-8)15-9(3-4-17)11-2-1-5-20-11/h1-2,5-7,9,17H,3-4H2,(H,14,15). The van der Waals surface area contributed by atoms with Crippen LogP contribution >= 0.6 is 11.6 Å². The lowest BCUT2D eigenvalue weighted by Crippen LogP contribution is -2.14. The van der Waals surface area contributed by atoms with Crippen LogP contribution in [0.1, 0.15) is 18.2 Å². The van der Waals surface area contributed by atoms with Gasteiger partial charge in [-0.25, -0.2) is 4.98 Å². The van der Waals surface area contributed by atoms with Crippen molar-refractivity contribution in [3.8, 4) is 0 Å². The van der Waals surface area contributed by atoms with Gasteiger partial charge in [-0.05, 0) is 18.6 Å². The van der Waals surface area contributed by atoms with Crippen molar-refractivity contribution in [2.24, 2.45) is 0 Å². The van der Waals surface area contributed by atoms with Crippen LogP contribution in [0.25, 0.3) is 0 Å². The molecule has 2 rings (SSSR count). The average molecular weight is 298 g/mol. The molecule has 2 N–H and O–H groups in total. The van der Waals surface area contributed by atoms with Crippen LogP contribution in [-0.4, -0.2) is 21.6 Å². The Balaban J connectivity index is 2.29. The summed E-state index contributed by atoms with van der Waals surface area (Å²) < 4.78 is 5.25. The van der Waals surface area contributed by atoms with Gasteiger partial charge in [0.1, 0.15) is 5.76 Å². The van der Waals surface area contributed by atoms with E-state index in [0.717, 1.165) is 0 Å². The molecule has 0 radical (unpaired) electrons. The van der Waals surface area contributed by atoms with Gasteiger partial charge in [0.05, 0.1) is 22.3 Å². The molecule has 0 aliphatic rings. The third-order valence-corrected chi connectivity index (χ3v) is 2.85. The number of aliphatic hydroxyl groups excluding tert-OH is 1. The van der Waals surface area contributed by atoms with Gasteiger partial charge >= 0.3 is 5.69 Å². The Hall–Kier alpha value is -2.12. The molecule has 0 bridgehead atoms. The van der Waals surface area contributed by atoms with Gasteiger partial charge in [0.2, 0.25) is 5.82 Å². The van der Waals surface area contributed by atoms with Gasteiger partial charge in [-0.15, -0.1) is 0 Å². The zero-order valence-corrected chi connectivity index (χ0v) is 11.1. The third-order valence-electron chi connectivity index (χ3n) is 2.65. The van der Waals surface area contributed by atoms with E-state index in [4.69, 9.17) is 21.1 Å². The Morgan fingerprint density at radius 2 is 2.40 bits per heavy atom. The van der Waals surface area contributed by atoms with Crippen LogP contribution in [0.5, 0.6) is 0 Å². The van der Waals surface area contributed by atoms with Crippen LogP contribution in [0.4, 0.5) is 11.5 Å². The van der Waals surface area contributed by atoms with Crippen LogP contribution in [0.3, 0.4) is 0 Å². The molecule has 0 saturated carbocycles. The van der Waals surface area contributed by atoms with Crippen molar-refractivity contribution in [2.75, 3.05) is 11.9 Å². The van der Waals surface area contributed by atoms with E-state index in [1.807, 2.05) is 0 Å². The van der Waals surface area contributed by atoms with Gasteiger partial charge in [-0.1, -0.05) is 11.6 Å². The highest BCUT2D eigenvalue weighted by atomic mass is 35.5. The Labute approximate surface area is 119 Å². The van der Waals surface area contributed by atoms with E-state index in [-0.39, 0.29) is 23.1 Å². The van der Waals surface area contributed by atoms with Crippen molar-refractivity contribution in [3.05, 3.63) is 51.6 Å². The van der Waals surface area contributed by atoms with Crippen molar-refractivity contribution in [3.63, 3.8) is 0 Å². The van der Waals surface area contributed by atoms with Crippen molar-refractivity contribution in [1.82, 2.24) is 4.98 Å². The van der Waals surface area contributed by atoms with E-state index in [2.05, 4.69) is 10.3 Å².